The highest BCUT2D eigenvalue weighted by Gasteiger charge is 2.27. The topological polar surface area (TPSA) is 62.6 Å². The minimum absolute atomic E-state index is 0.0807. The van der Waals surface area contributed by atoms with E-state index in [9.17, 15) is 13.2 Å². The highest BCUT2D eigenvalue weighted by Crippen LogP contribution is 2.25. The van der Waals surface area contributed by atoms with Gasteiger partial charge in [0.15, 0.2) is 5.78 Å². The number of hydrogen-bond donors (Lipinski definition) is 0. The first-order chi connectivity index (χ1) is 13.8. The smallest absolute Gasteiger partial charge is 0.213 e. The summed E-state index contributed by atoms with van der Waals surface area (Å²) in [6, 6.07) is 10.3. The van der Waals surface area contributed by atoms with Crippen LogP contribution in [0.2, 0.25) is 0 Å². The van der Waals surface area contributed by atoms with Crippen LogP contribution < -0.4 is 0 Å². The summed E-state index contributed by atoms with van der Waals surface area (Å²) in [6.07, 6.45) is 2.05. The summed E-state index contributed by atoms with van der Waals surface area (Å²) in [5.41, 5.74) is 3.77. The molecule has 1 fully saturated rings. The monoisotopic (exact) mass is 435 g/mol. The van der Waals surface area contributed by atoms with E-state index in [1.54, 1.807) is 18.7 Å². The number of ketones is 1. The maximum absolute atomic E-state index is 13.0. The second-order valence-corrected chi connectivity index (χ2v) is 10.5. The molecular weight excluding hydrogens is 406 g/mol. The molecule has 29 heavy (non-hydrogen) atoms. The highest BCUT2D eigenvalue weighted by atomic mass is 32.2. The highest BCUT2D eigenvalue weighted by molar-refractivity contribution is 7.98. The van der Waals surface area contributed by atoms with E-state index in [0.717, 1.165) is 22.6 Å². The third-order valence-electron chi connectivity index (χ3n) is 5.50. The Morgan fingerprint density at radius 2 is 1.79 bits per heavy atom. The van der Waals surface area contributed by atoms with Gasteiger partial charge in [0.1, 0.15) is 0 Å². The number of rotatable bonds is 7. The van der Waals surface area contributed by atoms with Gasteiger partial charge in [0.2, 0.25) is 10.0 Å². The Labute approximate surface area is 177 Å². The van der Waals surface area contributed by atoms with E-state index in [1.807, 2.05) is 30.9 Å². The maximum Gasteiger partial charge on any atom is 0.213 e. The van der Waals surface area contributed by atoms with Crippen LogP contribution in [0, 0.1) is 13.8 Å². The average Bonchev–Trinajstić information content (AvgIpc) is 3.02. The van der Waals surface area contributed by atoms with Gasteiger partial charge in [0.25, 0.3) is 0 Å². The van der Waals surface area contributed by atoms with Crippen molar-refractivity contribution in [2.24, 2.45) is 0 Å². The van der Waals surface area contributed by atoms with E-state index in [2.05, 4.69) is 29.0 Å². The van der Waals surface area contributed by atoms with E-state index in [0.29, 0.717) is 32.7 Å². The molecule has 2 heterocycles. The number of carbonyl (C=O) groups excluding carboxylic acids is 1. The Hall–Kier alpha value is -1.61. The molecule has 1 aromatic carbocycles. The number of nitrogens with zero attached hydrogens (tertiary/aromatic N) is 3. The summed E-state index contributed by atoms with van der Waals surface area (Å²) in [4.78, 5) is 16.2. The zero-order valence-electron chi connectivity index (χ0n) is 17.5. The van der Waals surface area contributed by atoms with Gasteiger partial charge in [-0.3, -0.25) is 9.69 Å². The molecule has 0 radical (unpaired) electrons. The molecule has 158 valence electrons. The lowest BCUT2D eigenvalue weighted by Gasteiger charge is -2.33. The van der Waals surface area contributed by atoms with Gasteiger partial charge in [-0.15, -0.1) is 11.8 Å². The van der Waals surface area contributed by atoms with Crippen molar-refractivity contribution < 1.29 is 13.2 Å². The first-order valence-electron chi connectivity index (χ1n) is 9.83. The summed E-state index contributed by atoms with van der Waals surface area (Å²) in [7, 11) is -3.15. The minimum atomic E-state index is -3.15. The van der Waals surface area contributed by atoms with Gasteiger partial charge in [0.05, 0.1) is 12.3 Å². The second kappa shape index (κ2) is 9.04. The molecule has 1 aliphatic rings. The largest absolute Gasteiger partial charge is 0.318 e. The van der Waals surface area contributed by atoms with Crippen LogP contribution >= 0.6 is 11.8 Å². The van der Waals surface area contributed by atoms with Crippen molar-refractivity contribution in [2.45, 2.75) is 25.7 Å². The lowest BCUT2D eigenvalue weighted by Crippen LogP contribution is -2.50. The summed E-state index contributed by atoms with van der Waals surface area (Å²) in [5, 5.41) is 0. The lowest BCUT2D eigenvalue weighted by molar-refractivity contribution is 0.0901. The molecule has 0 saturated carbocycles. The molecule has 2 aromatic rings. The van der Waals surface area contributed by atoms with Gasteiger partial charge in [-0.25, -0.2) is 8.42 Å². The van der Waals surface area contributed by atoms with Crippen LogP contribution in [0.4, 0.5) is 0 Å². The van der Waals surface area contributed by atoms with Crippen LogP contribution in [0.15, 0.2) is 35.2 Å². The van der Waals surface area contributed by atoms with E-state index in [-0.39, 0.29) is 11.5 Å². The predicted octanol–water partition coefficient (Wildman–Crippen LogP) is 2.97. The molecule has 0 unspecified atom stereocenters. The maximum atomic E-state index is 13.0. The van der Waals surface area contributed by atoms with E-state index >= 15 is 0 Å². The van der Waals surface area contributed by atoms with Crippen molar-refractivity contribution >= 4 is 27.6 Å². The number of piperazine rings is 1. The van der Waals surface area contributed by atoms with Gasteiger partial charge in [-0.2, -0.15) is 4.31 Å². The van der Waals surface area contributed by atoms with Crippen molar-refractivity contribution in [1.82, 2.24) is 13.8 Å². The predicted molar refractivity (Wildman–Crippen MR) is 119 cm³/mol. The summed E-state index contributed by atoms with van der Waals surface area (Å²) < 4.78 is 27.7. The molecule has 1 aromatic heterocycles. The minimum Gasteiger partial charge on any atom is -0.318 e. The molecule has 0 N–H and O–H groups in total. The molecule has 0 bridgehead atoms. The SMILES string of the molecule is CCS(=O)(=O)N1CCN(CC(=O)c2cc(C)n(-c3cccc(SC)c3)c2C)CC1. The number of benzene rings is 1. The molecule has 1 saturated heterocycles. The van der Waals surface area contributed by atoms with Crippen LogP contribution in [0.5, 0.6) is 0 Å². The van der Waals surface area contributed by atoms with E-state index in [1.165, 1.54) is 9.20 Å². The molecule has 8 heteroatoms. The Morgan fingerprint density at radius 3 is 2.41 bits per heavy atom. The Balaban J connectivity index is 1.73. The number of aromatic nitrogens is 1. The quantitative estimate of drug-likeness (QED) is 0.494. The molecule has 0 aliphatic carbocycles. The summed E-state index contributed by atoms with van der Waals surface area (Å²) in [5.74, 6) is 0.201. The number of carbonyl (C=O) groups is 1. The number of Topliss-reactive ketones (excluding diaryl/α,β-unsaturated/α-hetero) is 1. The zero-order chi connectivity index (χ0) is 21.2. The van der Waals surface area contributed by atoms with Gasteiger partial charge in [0, 0.05) is 53.7 Å². The molecule has 0 spiro atoms. The van der Waals surface area contributed by atoms with Crippen LogP contribution in [0.1, 0.15) is 28.7 Å². The Bertz CT molecular complexity index is 991. The zero-order valence-corrected chi connectivity index (χ0v) is 19.1. The first-order valence-corrected chi connectivity index (χ1v) is 12.7. The normalized spacial score (nSPS) is 16.3. The molecule has 6 nitrogen and oxygen atoms in total. The van der Waals surface area contributed by atoms with E-state index < -0.39 is 10.0 Å². The summed E-state index contributed by atoms with van der Waals surface area (Å²) >= 11 is 1.70. The third-order valence-corrected chi connectivity index (χ3v) is 8.11. The standard InChI is InChI=1S/C21H29N3O3S2/c1-5-29(26,27)23-11-9-22(10-12-23)15-21(25)20-13-16(2)24(17(20)3)18-7-6-8-19(14-18)28-4/h6-8,13-14H,5,9-12,15H2,1-4H3. The van der Waals surface area contributed by atoms with Gasteiger partial charge in [-0.1, -0.05) is 6.07 Å². The Kier molecular flexibility index (Phi) is 6.88. The third kappa shape index (κ3) is 4.77. The van der Waals surface area contributed by atoms with Crippen molar-refractivity contribution in [2.75, 3.05) is 44.7 Å². The lowest BCUT2D eigenvalue weighted by atomic mass is 10.1. The van der Waals surface area contributed by atoms with E-state index in [4.69, 9.17) is 0 Å². The van der Waals surface area contributed by atoms with Gasteiger partial charge >= 0.3 is 0 Å². The van der Waals surface area contributed by atoms with Crippen molar-refractivity contribution in [3.05, 3.63) is 47.3 Å². The molecule has 1 aliphatic heterocycles. The molecule has 3 rings (SSSR count). The van der Waals surface area contributed by atoms with Crippen LogP contribution in [0.25, 0.3) is 5.69 Å². The number of thioether (sulfide) groups is 1. The molecule has 0 amide bonds. The Morgan fingerprint density at radius 1 is 1.10 bits per heavy atom. The van der Waals surface area contributed by atoms with Crippen LogP contribution in [-0.2, 0) is 10.0 Å². The van der Waals surface area contributed by atoms with Gasteiger partial charge in [-0.05, 0) is 51.3 Å². The van der Waals surface area contributed by atoms with Crippen LogP contribution in [-0.4, -0.2) is 72.7 Å². The first kappa shape index (κ1) is 22.1. The second-order valence-electron chi connectivity index (χ2n) is 7.32. The number of sulfonamides is 1. The fourth-order valence-corrected chi connectivity index (χ4v) is 5.37. The van der Waals surface area contributed by atoms with Crippen molar-refractivity contribution in [1.29, 1.82) is 0 Å². The van der Waals surface area contributed by atoms with Crippen LogP contribution in [0.3, 0.4) is 0 Å². The number of hydrogen-bond acceptors (Lipinski definition) is 5. The van der Waals surface area contributed by atoms with Crippen molar-refractivity contribution in [3.63, 3.8) is 0 Å². The molecular formula is C21H29N3O3S2. The number of aryl methyl sites for hydroxylation is 1. The average molecular weight is 436 g/mol. The summed E-state index contributed by atoms with van der Waals surface area (Å²) in [6.45, 7) is 8.04. The molecule has 0 atom stereocenters. The van der Waals surface area contributed by atoms with Gasteiger partial charge < -0.3 is 4.57 Å². The fourth-order valence-electron chi connectivity index (χ4n) is 3.83. The van der Waals surface area contributed by atoms with Crippen molar-refractivity contribution in [3.8, 4) is 5.69 Å². The fraction of sp³-hybridized carbons (Fsp3) is 0.476.